The third-order valence-electron chi connectivity index (χ3n) is 4.11. The van der Waals surface area contributed by atoms with E-state index in [0.717, 1.165) is 31.9 Å². The number of halogens is 1. The number of nitrogens with zero attached hydrogens (tertiary/aromatic N) is 2. The number of carbonyl (C=O) groups excluding carboxylic acids is 1. The van der Waals surface area contributed by atoms with Gasteiger partial charge in [0.2, 0.25) is 0 Å². The number of benzene rings is 2. The van der Waals surface area contributed by atoms with Crippen molar-refractivity contribution in [3.05, 3.63) is 59.9 Å². The molecule has 1 N–H and O–H groups in total. The fraction of sp³-hybridized carbons (Fsp3) is 0.278. The summed E-state index contributed by atoms with van der Waals surface area (Å²) in [6.45, 7) is 4.09. The van der Waals surface area contributed by atoms with E-state index in [1.165, 1.54) is 12.1 Å². The van der Waals surface area contributed by atoms with Gasteiger partial charge in [-0.25, -0.2) is 4.39 Å². The molecule has 1 aliphatic rings. The molecule has 3 rings (SSSR count). The summed E-state index contributed by atoms with van der Waals surface area (Å²) < 4.78 is 13.6. The van der Waals surface area contributed by atoms with Gasteiger partial charge in [0.05, 0.1) is 5.56 Å². The van der Waals surface area contributed by atoms with E-state index in [9.17, 15) is 9.18 Å². The van der Waals surface area contributed by atoms with Gasteiger partial charge in [-0.15, -0.1) is 0 Å². The van der Waals surface area contributed by atoms with Gasteiger partial charge in [-0.3, -0.25) is 4.79 Å². The van der Waals surface area contributed by atoms with Gasteiger partial charge in [0.15, 0.2) is 0 Å². The van der Waals surface area contributed by atoms with E-state index in [-0.39, 0.29) is 5.56 Å². The Hall–Kier alpha value is -2.40. The largest absolute Gasteiger partial charge is 0.369 e. The summed E-state index contributed by atoms with van der Waals surface area (Å²) in [5.41, 5.74) is 1.86. The van der Waals surface area contributed by atoms with Gasteiger partial charge in [-0.1, -0.05) is 12.1 Å². The first-order valence-electron chi connectivity index (χ1n) is 7.73. The number of anilines is 2. The minimum Gasteiger partial charge on any atom is -0.369 e. The maximum atomic E-state index is 13.6. The van der Waals surface area contributed by atoms with E-state index in [4.69, 9.17) is 0 Å². The van der Waals surface area contributed by atoms with Crippen molar-refractivity contribution in [2.75, 3.05) is 43.4 Å². The summed E-state index contributed by atoms with van der Waals surface area (Å²) in [7, 11) is 2.12. The third-order valence-corrected chi connectivity index (χ3v) is 4.11. The Morgan fingerprint density at radius 3 is 2.30 bits per heavy atom. The van der Waals surface area contributed by atoms with Crippen LogP contribution in [0.15, 0.2) is 48.5 Å². The van der Waals surface area contributed by atoms with Crippen molar-refractivity contribution >= 4 is 17.3 Å². The number of piperazine rings is 1. The van der Waals surface area contributed by atoms with Crippen LogP contribution >= 0.6 is 0 Å². The molecule has 0 saturated carbocycles. The van der Waals surface area contributed by atoms with Crippen LogP contribution in [-0.4, -0.2) is 44.0 Å². The molecule has 5 heteroatoms. The molecule has 1 amide bonds. The van der Waals surface area contributed by atoms with Gasteiger partial charge in [-0.05, 0) is 43.4 Å². The molecule has 0 atom stereocenters. The summed E-state index contributed by atoms with van der Waals surface area (Å²) in [5.74, 6) is -0.950. The molecular formula is C18H20FN3O. The first-order chi connectivity index (χ1) is 11.1. The molecule has 1 fully saturated rings. The lowest BCUT2D eigenvalue weighted by Gasteiger charge is -2.34. The normalized spacial score (nSPS) is 15.5. The summed E-state index contributed by atoms with van der Waals surface area (Å²) >= 11 is 0. The molecule has 2 aromatic carbocycles. The number of amides is 1. The van der Waals surface area contributed by atoms with Gasteiger partial charge in [0.25, 0.3) is 5.91 Å². The number of likely N-dealkylation sites (N-methyl/N-ethyl adjacent to an activating group) is 1. The summed E-state index contributed by atoms with van der Waals surface area (Å²) in [6.07, 6.45) is 0. The first kappa shape index (κ1) is 15.5. The second-order valence-corrected chi connectivity index (χ2v) is 5.77. The van der Waals surface area contributed by atoms with Crippen molar-refractivity contribution in [1.82, 2.24) is 4.90 Å². The lowest BCUT2D eigenvalue weighted by atomic mass is 10.2. The van der Waals surface area contributed by atoms with Crippen LogP contribution in [0, 0.1) is 5.82 Å². The molecule has 1 saturated heterocycles. The minimum absolute atomic E-state index is 0.0515. The lowest BCUT2D eigenvalue weighted by molar-refractivity contribution is 0.102. The Kier molecular flexibility index (Phi) is 4.57. The van der Waals surface area contributed by atoms with E-state index in [1.807, 2.05) is 24.3 Å². The minimum atomic E-state index is -0.515. The lowest BCUT2D eigenvalue weighted by Crippen LogP contribution is -2.44. The summed E-state index contributed by atoms with van der Waals surface area (Å²) in [5, 5.41) is 2.73. The van der Waals surface area contributed by atoms with Crippen LogP contribution in [0.3, 0.4) is 0 Å². The second-order valence-electron chi connectivity index (χ2n) is 5.77. The Morgan fingerprint density at radius 1 is 1.00 bits per heavy atom. The Balaban J connectivity index is 1.66. The molecule has 0 aromatic heterocycles. The quantitative estimate of drug-likeness (QED) is 0.946. The van der Waals surface area contributed by atoms with E-state index >= 15 is 0 Å². The van der Waals surface area contributed by atoms with Gasteiger partial charge in [0, 0.05) is 37.6 Å². The number of hydrogen-bond donors (Lipinski definition) is 1. The van der Waals surface area contributed by atoms with Crippen LogP contribution in [0.4, 0.5) is 15.8 Å². The van der Waals surface area contributed by atoms with Crippen LogP contribution in [0.1, 0.15) is 10.4 Å². The topological polar surface area (TPSA) is 35.6 Å². The van der Waals surface area contributed by atoms with Crippen molar-refractivity contribution in [1.29, 1.82) is 0 Å². The van der Waals surface area contributed by atoms with Gasteiger partial charge in [-0.2, -0.15) is 0 Å². The van der Waals surface area contributed by atoms with Crippen molar-refractivity contribution in [3.8, 4) is 0 Å². The van der Waals surface area contributed by atoms with E-state index in [0.29, 0.717) is 5.69 Å². The Labute approximate surface area is 135 Å². The van der Waals surface area contributed by atoms with Gasteiger partial charge in [0.1, 0.15) is 5.82 Å². The zero-order valence-corrected chi connectivity index (χ0v) is 13.1. The molecule has 0 radical (unpaired) electrons. The highest BCUT2D eigenvalue weighted by Crippen LogP contribution is 2.20. The van der Waals surface area contributed by atoms with Crippen LogP contribution in [0.2, 0.25) is 0 Å². The molecule has 0 unspecified atom stereocenters. The van der Waals surface area contributed by atoms with Crippen LogP contribution in [-0.2, 0) is 0 Å². The van der Waals surface area contributed by atoms with Crippen molar-refractivity contribution in [2.45, 2.75) is 0 Å². The highest BCUT2D eigenvalue weighted by atomic mass is 19.1. The molecule has 0 bridgehead atoms. The fourth-order valence-electron chi connectivity index (χ4n) is 2.66. The average molecular weight is 313 g/mol. The fourth-order valence-corrected chi connectivity index (χ4v) is 2.66. The molecule has 4 nitrogen and oxygen atoms in total. The molecule has 0 aliphatic carbocycles. The van der Waals surface area contributed by atoms with Crippen molar-refractivity contribution < 1.29 is 9.18 Å². The number of rotatable bonds is 3. The summed E-state index contributed by atoms with van der Waals surface area (Å²) in [6, 6.07) is 13.7. The zero-order valence-electron chi connectivity index (χ0n) is 13.1. The Morgan fingerprint density at radius 2 is 1.65 bits per heavy atom. The Bertz CT molecular complexity index is 679. The van der Waals surface area contributed by atoms with E-state index in [2.05, 4.69) is 22.2 Å². The molecule has 1 aliphatic heterocycles. The maximum absolute atomic E-state index is 13.6. The second kappa shape index (κ2) is 6.79. The predicted octanol–water partition coefficient (Wildman–Crippen LogP) is 2.83. The van der Waals surface area contributed by atoms with E-state index in [1.54, 1.807) is 12.1 Å². The molecule has 0 spiro atoms. The molecule has 2 aromatic rings. The number of hydrogen-bond acceptors (Lipinski definition) is 3. The first-order valence-corrected chi connectivity index (χ1v) is 7.73. The SMILES string of the molecule is CN1CCN(c2ccc(NC(=O)c3ccccc3F)cc2)CC1. The van der Waals surface area contributed by atoms with Crippen molar-refractivity contribution in [3.63, 3.8) is 0 Å². The smallest absolute Gasteiger partial charge is 0.258 e. The average Bonchev–Trinajstić information content (AvgIpc) is 2.57. The van der Waals surface area contributed by atoms with E-state index < -0.39 is 11.7 Å². The highest BCUT2D eigenvalue weighted by Gasteiger charge is 2.15. The highest BCUT2D eigenvalue weighted by molar-refractivity contribution is 6.04. The third kappa shape index (κ3) is 3.68. The zero-order chi connectivity index (χ0) is 16.2. The van der Waals surface area contributed by atoms with Crippen LogP contribution < -0.4 is 10.2 Å². The molecule has 23 heavy (non-hydrogen) atoms. The van der Waals surface area contributed by atoms with Crippen molar-refractivity contribution in [2.24, 2.45) is 0 Å². The van der Waals surface area contributed by atoms with Crippen LogP contribution in [0.25, 0.3) is 0 Å². The summed E-state index contributed by atoms with van der Waals surface area (Å²) in [4.78, 5) is 16.7. The number of nitrogens with one attached hydrogen (secondary N) is 1. The monoisotopic (exact) mass is 313 g/mol. The predicted molar refractivity (Wildman–Crippen MR) is 90.5 cm³/mol. The van der Waals surface area contributed by atoms with Crippen LogP contribution in [0.5, 0.6) is 0 Å². The molecular weight excluding hydrogens is 293 g/mol. The standard InChI is InChI=1S/C18H20FN3O/c1-21-10-12-22(13-11-21)15-8-6-14(7-9-15)20-18(23)16-4-2-3-5-17(16)19/h2-9H,10-13H2,1H3,(H,20,23). The molecule has 1 heterocycles. The maximum Gasteiger partial charge on any atom is 0.258 e. The number of carbonyl (C=O) groups is 1. The molecule has 120 valence electrons. The van der Waals surface area contributed by atoms with Gasteiger partial charge < -0.3 is 15.1 Å². The van der Waals surface area contributed by atoms with Gasteiger partial charge >= 0.3 is 0 Å².